The molecular weight excluding hydrogens is 484 g/mol. The van der Waals surface area contributed by atoms with Crippen LogP contribution in [0.5, 0.6) is 0 Å². The number of hydrogen-bond donors (Lipinski definition) is 0. The van der Waals surface area contributed by atoms with Crippen molar-refractivity contribution in [1.29, 1.82) is 0 Å². The molecule has 0 amide bonds. The fourth-order valence-corrected chi connectivity index (χ4v) is 4.59. The number of para-hydroxylation sites is 1. The fraction of sp³-hybridized carbons (Fsp3) is 0.294. The molecule has 3 aromatic rings. The lowest BCUT2D eigenvalue weighted by molar-refractivity contribution is -0.136. The number of esters is 1. The summed E-state index contributed by atoms with van der Waals surface area (Å²) < 4.78 is 5.21. The first kappa shape index (κ1) is 29.6. The third kappa shape index (κ3) is 7.55. The molecule has 0 unspecified atom stereocenters. The van der Waals surface area contributed by atoms with E-state index in [0.29, 0.717) is 17.7 Å². The van der Waals surface area contributed by atoms with Crippen LogP contribution in [0.25, 0.3) is 5.57 Å². The van der Waals surface area contributed by atoms with Gasteiger partial charge in [-0.05, 0) is 74.5 Å². The van der Waals surface area contributed by atoms with E-state index >= 15 is 0 Å². The second-order valence-electron chi connectivity index (χ2n) is 10.0. The van der Waals surface area contributed by atoms with Crippen LogP contribution in [0.3, 0.4) is 0 Å². The quantitative estimate of drug-likeness (QED) is 0.166. The molecule has 0 saturated carbocycles. The highest BCUT2D eigenvalue weighted by atomic mass is 16.5. The Morgan fingerprint density at radius 3 is 2.28 bits per heavy atom. The van der Waals surface area contributed by atoms with Gasteiger partial charge in [0, 0.05) is 23.2 Å². The molecule has 0 spiro atoms. The van der Waals surface area contributed by atoms with E-state index in [1.807, 2.05) is 66.4 Å². The lowest BCUT2D eigenvalue weighted by Crippen LogP contribution is -2.30. The van der Waals surface area contributed by atoms with Gasteiger partial charge in [0.1, 0.15) is 12.0 Å². The SMILES string of the molecule is C=C1C(Cc2ccc(C=O)cc2)=C(C(=O)OC)N(c2ccccc2)c2cc(C)ccc21.CCCCCN(C)C. The lowest BCUT2D eigenvalue weighted by atomic mass is 9.86. The summed E-state index contributed by atoms with van der Waals surface area (Å²) in [6.07, 6.45) is 5.35. The van der Waals surface area contributed by atoms with E-state index in [-0.39, 0.29) is 0 Å². The number of allylic oxidation sites excluding steroid dienone is 2. The van der Waals surface area contributed by atoms with Gasteiger partial charge in [-0.2, -0.15) is 0 Å². The van der Waals surface area contributed by atoms with E-state index < -0.39 is 5.97 Å². The average molecular weight is 525 g/mol. The van der Waals surface area contributed by atoms with Crippen LogP contribution in [-0.4, -0.2) is 44.9 Å². The van der Waals surface area contributed by atoms with Gasteiger partial charge in [0.15, 0.2) is 0 Å². The number of carbonyl (C=O) groups is 2. The summed E-state index contributed by atoms with van der Waals surface area (Å²) in [5.41, 5.74) is 7.47. The highest BCUT2D eigenvalue weighted by Gasteiger charge is 2.33. The molecule has 1 aliphatic heterocycles. The zero-order valence-electron chi connectivity index (χ0n) is 23.9. The summed E-state index contributed by atoms with van der Waals surface area (Å²) in [5, 5.41) is 0. The molecule has 204 valence electrons. The Labute approximate surface area is 233 Å². The predicted octanol–water partition coefficient (Wildman–Crippen LogP) is 7.38. The van der Waals surface area contributed by atoms with Crippen LogP contribution in [0.1, 0.15) is 53.2 Å². The molecule has 1 aliphatic rings. The summed E-state index contributed by atoms with van der Waals surface area (Å²) in [4.78, 5) is 28.3. The van der Waals surface area contributed by atoms with Crippen molar-refractivity contribution in [3.8, 4) is 0 Å². The molecule has 0 radical (unpaired) electrons. The maximum absolute atomic E-state index is 13.1. The summed E-state index contributed by atoms with van der Waals surface area (Å²) in [7, 11) is 5.63. The van der Waals surface area contributed by atoms with Crippen molar-refractivity contribution in [2.24, 2.45) is 0 Å². The zero-order valence-corrected chi connectivity index (χ0v) is 23.9. The lowest BCUT2D eigenvalue weighted by Gasteiger charge is -2.35. The Kier molecular flexibility index (Phi) is 10.8. The van der Waals surface area contributed by atoms with Gasteiger partial charge in [-0.15, -0.1) is 0 Å². The fourth-order valence-electron chi connectivity index (χ4n) is 4.59. The minimum Gasteiger partial charge on any atom is -0.464 e. The molecule has 0 aliphatic carbocycles. The first-order valence-corrected chi connectivity index (χ1v) is 13.5. The van der Waals surface area contributed by atoms with Crippen molar-refractivity contribution in [1.82, 2.24) is 4.90 Å². The molecule has 0 bridgehead atoms. The number of anilines is 2. The third-order valence-electron chi connectivity index (χ3n) is 6.69. The highest BCUT2D eigenvalue weighted by Crippen LogP contribution is 2.45. The topological polar surface area (TPSA) is 49.9 Å². The monoisotopic (exact) mass is 524 g/mol. The number of aldehydes is 1. The predicted molar refractivity (Wildman–Crippen MR) is 161 cm³/mol. The molecule has 1 heterocycles. The number of aryl methyl sites for hydroxylation is 1. The van der Waals surface area contributed by atoms with Crippen LogP contribution in [0.15, 0.2) is 90.6 Å². The van der Waals surface area contributed by atoms with Crippen LogP contribution < -0.4 is 4.90 Å². The van der Waals surface area contributed by atoms with Gasteiger partial charge >= 0.3 is 5.97 Å². The van der Waals surface area contributed by atoms with Gasteiger partial charge in [-0.25, -0.2) is 4.79 Å². The van der Waals surface area contributed by atoms with Crippen LogP contribution in [0.2, 0.25) is 0 Å². The smallest absolute Gasteiger partial charge is 0.355 e. The van der Waals surface area contributed by atoms with Crippen LogP contribution >= 0.6 is 0 Å². The van der Waals surface area contributed by atoms with Crippen LogP contribution in [-0.2, 0) is 16.0 Å². The van der Waals surface area contributed by atoms with Crippen molar-refractivity contribution >= 4 is 29.2 Å². The Morgan fingerprint density at radius 2 is 1.69 bits per heavy atom. The first-order chi connectivity index (χ1) is 18.8. The maximum Gasteiger partial charge on any atom is 0.355 e. The minimum absolute atomic E-state index is 0.420. The first-order valence-electron chi connectivity index (χ1n) is 13.5. The van der Waals surface area contributed by atoms with E-state index in [1.54, 1.807) is 12.1 Å². The van der Waals surface area contributed by atoms with E-state index in [4.69, 9.17) is 4.74 Å². The number of unbranched alkanes of at least 4 members (excludes halogenated alkanes) is 2. The Balaban J connectivity index is 0.000000459. The normalized spacial score (nSPS) is 12.6. The number of nitrogens with zero attached hydrogens (tertiary/aromatic N) is 2. The molecule has 5 nitrogen and oxygen atoms in total. The van der Waals surface area contributed by atoms with Crippen molar-refractivity contribution in [2.45, 2.75) is 39.5 Å². The second-order valence-corrected chi connectivity index (χ2v) is 10.0. The van der Waals surface area contributed by atoms with Crippen molar-refractivity contribution < 1.29 is 14.3 Å². The highest BCUT2D eigenvalue weighted by molar-refractivity contribution is 6.06. The number of benzene rings is 3. The average Bonchev–Trinajstić information content (AvgIpc) is 2.95. The summed E-state index contributed by atoms with van der Waals surface area (Å²) >= 11 is 0. The molecule has 3 aromatic carbocycles. The molecule has 0 saturated heterocycles. The molecule has 39 heavy (non-hydrogen) atoms. The molecule has 4 rings (SSSR count). The minimum atomic E-state index is -0.420. The standard InChI is InChI=1S/C27H23NO3.C7H17N/c1-18-9-14-23-19(2)24(16-20-10-12-21(17-29)13-11-20)26(27(30)31-3)28(25(23)15-18)22-7-5-4-6-8-22;1-4-5-6-7-8(2)3/h4-15,17H,2,16H2,1,3H3;4-7H2,1-3H3. The molecular formula is C34H40N2O3. The van der Waals surface area contributed by atoms with Gasteiger partial charge in [0.05, 0.1) is 12.8 Å². The number of methoxy groups -OCH3 is 1. The zero-order chi connectivity index (χ0) is 28.4. The van der Waals surface area contributed by atoms with Gasteiger partial charge in [0.25, 0.3) is 0 Å². The number of carbonyl (C=O) groups excluding carboxylic acids is 2. The van der Waals surface area contributed by atoms with Gasteiger partial charge in [0.2, 0.25) is 0 Å². The maximum atomic E-state index is 13.1. The Hall–Kier alpha value is -3.96. The molecule has 0 aromatic heterocycles. The summed E-state index contributed by atoms with van der Waals surface area (Å²) in [6, 6.07) is 23.3. The van der Waals surface area contributed by atoms with Crippen molar-refractivity contribution in [2.75, 3.05) is 32.6 Å². The number of hydrogen-bond acceptors (Lipinski definition) is 5. The van der Waals surface area contributed by atoms with E-state index in [0.717, 1.165) is 45.5 Å². The van der Waals surface area contributed by atoms with E-state index in [1.165, 1.54) is 32.9 Å². The molecule has 0 atom stereocenters. The van der Waals surface area contributed by atoms with Crippen molar-refractivity contribution in [3.05, 3.63) is 113 Å². The van der Waals surface area contributed by atoms with Crippen molar-refractivity contribution in [3.63, 3.8) is 0 Å². The Morgan fingerprint density at radius 1 is 1.00 bits per heavy atom. The van der Waals surface area contributed by atoms with Gasteiger partial charge in [-0.3, -0.25) is 4.79 Å². The number of rotatable bonds is 9. The molecule has 5 heteroatoms. The van der Waals surface area contributed by atoms with Crippen LogP contribution in [0, 0.1) is 6.92 Å². The largest absolute Gasteiger partial charge is 0.464 e. The summed E-state index contributed by atoms with van der Waals surface area (Å²) in [5.74, 6) is -0.420. The number of ether oxygens (including phenoxy) is 1. The van der Waals surface area contributed by atoms with Gasteiger partial charge < -0.3 is 14.5 Å². The van der Waals surface area contributed by atoms with Crippen LogP contribution in [0.4, 0.5) is 11.4 Å². The second kappa shape index (κ2) is 14.3. The third-order valence-corrected chi connectivity index (χ3v) is 6.69. The molecule has 0 N–H and O–H groups in total. The summed E-state index contributed by atoms with van der Waals surface area (Å²) in [6.45, 7) is 9.84. The Bertz CT molecular complexity index is 1310. The number of fused-ring (bicyclic) bond motifs is 1. The van der Waals surface area contributed by atoms with Gasteiger partial charge in [-0.1, -0.05) is 80.9 Å². The van der Waals surface area contributed by atoms with E-state index in [9.17, 15) is 9.59 Å². The van der Waals surface area contributed by atoms with E-state index in [2.05, 4.69) is 38.6 Å². The molecule has 0 fully saturated rings.